The van der Waals surface area contributed by atoms with Gasteiger partial charge in [0.05, 0.1) is 5.75 Å². The molecule has 0 aliphatic heterocycles. The number of rotatable bonds is 6. The number of halogens is 2. The lowest BCUT2D eigenvalue weighted by Crippen LogP contribution is -2.27. The molecule has 18 heavy (non-hydrogen) atoms. The van der Waals surface area contributed by atoms with Gasteiger partial charge in [0.1, 0.15) is 11.5 Å². The predicted molar refractivity (Wildman–Crippen MR) is 67.0 cm³/mol. The number of anilines is 1. The van der Waals surface area contributed by atoms with Crippen molar-refractivity contribution in [3.63, 3.8) is 0 Å². The van der Waals surface area contributed by atoms with E-state index in [9.17, 15) is 17.2 Å². The Bertz CT molecular complexity index is 518. The van der Waals surface area contributed by atoms with E-state index < -0.39 is 27.3 Å². The van der Waals surface area contributed by atoms with Crippen molar-refractivity contribution in [2.24, 2.45) is 0 Å². The molecule has 0 radical (unpaired) electrons. The molecule has 0 fully saturated rings. The molecule has 7 heteroatoms. The third kappa shape index (κ3) is 3.92. The monoisotopic (exact) mass is 278 g/mol. The molecular weight excluding hydrogens is 262 g/mol. The highest BCUT2D eigenvalue weighted by Gasteiger charge is 2.17. The first kappa shape index (κ1) is 14.8. The molecule has 4 nitrogen and oxygen atoms in total. The summed E-state index contributed by atoms with van der Waals surface area (Å²) in [6.45, 7) is 4.12. The quantitative estimate of drug-likeness (QED) is 0.778. The first-order valence-corrected chi connectivity index (χ1v) is 7.18. The molecule has 1 aromatic rings. The van der Waals surface area contributed by atoms with Crippen LogP contribution in [0.1, 0.15) is 12.5 Å². The number of hydrogen-bond donors (Lipinski definition) is 2. The molecular formula is C11H16F2N2O2S. The molecule has 0 amide bonds. The molecule has 0 aliphatic rings. The zero-order valence-electron chi connectivity index (χ0n) is 10.3. The van der Waals surface area contributed by atoms with E-state index in [0.29, 0.717) is 6.54 Å². The van der Waals surface area contributed by atoms with Gasteiger partial charge in [-0.3, -0.25) is 4.72 Å². The number of nitrogens with one attached hydrogen (secondary N) is 2. The summed E-state index contributed by atoms with van der Waals surface area (Å²) in [5.74, 6) is -2.06. The zero-order valence-corrected chi connectivity index (χ0v) is 11.1. The Kier molecular flexibility index (Phi) is 5.03. The van der Waals surface area contributed by atoms with Gasteiger partial charge in [-0.15, -0.1) is 0 Å². The van der Waals surface area contributed by atoms with Crippen molar-refractivity contribution in [3.05, 3.63) is 29.3 Å². The molecule has 0 spiro atoms. The zero-order chi connectivity index (χ0) is 13.8. The summed E-state index contributed by atoms with van der Waals surface area (Å²) in [7, 11) is -3.76. The van der Waals surface area contributed by atoms with Crippen molar-refractivity contribution in [2.75, 3.05) is 23.6 Å². The fraction of sp³-hybridized carbons (Fsp3) is 0.455. The van der Waals surface area contributed by atoms with Gasteiger partial charge in [0.2, 0.25) is 10.0 Å². The second-order valence-corrected chi connectivity index (χ2v) is 5.67. The van der Waals surface area contributed by atoms with Gasteiger partial charge in [0.25, 0.3) is 0 Å². The third-order valence-electron chi connectivity index (χ3n) is 2.34. The van der Waals surface area contributed by atoms with E-state index in [2.05, 4.69) is 5.32 Å². The maximum atomic E-state index is 13.6. The molecule has 0 aliphatic carbocycles. The number of benzene rings is 1. The summed E-state index contributed by atoms with van der Waals surface area (Å²) < 4.78 is 52.1. The lowest BCUT2D eigenvalue weighted by molar-refractivity contribution is 0.577. The lowest BCUT2D eigenvalue weighted by Gasteiger charge is -2.11. The van der Waals surface area contributed by atoms with Crippen LogP contribution in [0.2, 0.25) is 0 Å². The highest BCUT2D eigenvalue weighted by Crippen LogP contribution is 2.22. The number of sulfonamides is 1. The Morgan fingerprint density at radius 1 is 1.28 bits per heavy atom. The Hall–Kier alpha value is -1.21. The number of aryl methyl sites for hydroxylation is 1. The Labute approximate surface area is 105 Å². The van der Waals surface area contributed by atoms with E-state index in [-0.39, 0.29) is 17.9 Å². The standard InChI is InChI=1S/C11H16F2N2O2S/c1-3-14-6-7-18(16,17)15-11-9(12)5-4-8(2)10(11)13/h4-5,14-15H,3,6-7H2,1-2H3. The van der Waals surface area contributed by atoms with E-state index >= 15 is 0 Å². The smallest absolute Gasteiger partial charge is 0.234 e. The normalized spacial score (nSPS) is 11.6. The van der Waals surface area contributed by atoms with E-state index in [0.717, 1.165) is 6.07 Å². The minimum Gasteiger partial charge on any atom is -0.316 e. The second kappa shape index (κ2) is 6.10. The van der Waals surface area contributed by atoms with Crippen LogP contribution in [-0.4, -0.2) is 27.3 Å². The van der Waals surface area contributed by atoms with Crippen molar-refractivity contribution in [1.29, 1.82) is 0 Å². The Morgan fingerprint density at radius 3 is 2.56 bits per heavy atom. The SMILES string of the molecule is CCNCCS(=O)(=O)Nc1c(F)ccc(C)c1F. The third-order valence-corrected chi connectivity index (χ3v) is 3.60. The summed E-state index contributed by atoms with van der Waals surface area (Å²) in [6.07, 6.45) is 0. The summed E-state index contributed by atoms with van der Waals surface area (Å²) in [6, 6.07) is 2.28. The highest BCUT2D eigenvalue weighted by atomic mass is 32.2. The van der Waals surface area contributed by atoms with E-state index in [1.54, 1.807) is 0 Å². The van der Waals surface area contributed by atoms with Crippen LogP contribution in [0.25, 0.3) is 0 Å². The fourth-order valence-electron chi connectivity index (χ4n) is 1.34. The summed E-state index contributed by atoms with van der Waals surface area (Å²) in [5, 5.41) is 2.82. The maximum absolute atomic E-state index is 13.6. The van der Waals surface area contributed by atoms with Crippen LogP contribution in [0.15, 0.2) is 12.1 Å². The second-order valence-electron chi connectivity index (χ2n) is 3.83. The predicted octanol–water partition coefficient (Wildman–Crippen LogP) is 1.62. The van der Waals surface area contributed by atoms with Gasteiger partial charge in [0, 0.05) is 6.54 Å². The Balaban J connectivity index is 2.87. The Morgan fingerprint density at radius 2 is 1.94 bits per heavy atom. The maximum Gasteiger partial charge on any atom is 0.234 e. The van der Waals surface area contributed by atoms with Gasteiger partial charge in [-0.1, -0.05) is 13.0 Å². The lowest BCUT2D eigenvalue weighted by atomic mass is 10.2. The van der Waals surface area contributed by atoms with Gasteiger partial charge in [-0.05, 0) is 25.1 Å². The van der Waals surface area contributed by atoms with Crippen molar-refractivity contribution < 1.29 is 17.2 Å². The molecule has 0 heterocycles. The van der Waals surface area contributed by atoms with Crippen molar-refractivity contribution in [1.82, 2.24) is 5.32 Å². The van der Waals surface area contributed by atoms with E-state index in [1.807, 2.05) is 11.6 Å². The van der Waals surface area contributed by atoms with E-state index in [1.165, 1.54) is 13.0 Å². The average Bonchev–Trinajstić information content (AvgIpc) is 2.30. The molecule has 0 aromatic heterocycles. The topological polar surface area (TPSA) is 58.2 Å². The van der Waals surface area contributed by atoms with Gasteiger partial charge in [-0.25, -0.2) is 17.2 Å². The molecule has 1 rings (SSSR count). The minimum atomic E-state index is -3.76. The molecule has 0 saturated heterocycles. The summed E-state index contributed by atoms with van der Waals surface area (Å²) in [5.41, 5.74) is -0.438. The molecule has 1 aromatic carbocycles. The van der Waals surface area contributed by atoms with Gasteiger partial charge in [0.15, 0.2) is 5.82 Å². The van der Waals surface area contributed by atoms with E-state index in [4.69, 9.17) is 0 Å². The number of hydrogen-bond acceptors (Lipinski definition) is 3. The summed E-state index contributed by atoms with van der Waals surface area (Å²) in [4.78, 5) is 0. The van der Waals surface area contributed by atoms with Crippen molar-refractivity contribution in [2.45, 2.75) is 13.8 Å². The van der Waals surface area contributed by atoms with Crippen LogP contribution < -0.4 is 10.0 Å². The first-order chi connectivity index (χ1) is 8.37. The fourth-order valence-corrected chi connectivity index (χ4v) is 2.35. The molecule has 0 atom stereocenters. The van der Waals surface area contributed by atoms with Crippen molar-refractivity contribution >= 4 is 15.7 Å². The van der Waals surface area contributed by atoms with Crippen LogP contribution in [0.5, 0.6) is 0 Å². The molecule has 0 unspecified atom stereocenters. The van der Waals surface area contributed by atoms with Crippen molar-refractivity contribution in [3.8, 4) is 0 Å². The van der Waals surface area contributed by atoms with Gasteiger partial charge < -0.3 is 5.32 Å². The molecule has 102 valence electrons. The molecule has 0 bridgehead atoms. The first-order valence-electron chi connectivity index (χ1n) is 5.53. The van der Waals surface area contributed by atoms with Crippen LogP contribution in [0.4, 0.5) is 14.5 Å². The van der Waals surface area contributed by atoms with Gasteiger partial charge >= 0.3 is 0 Å². The van der Waals surface area contributed by atoms with Crippen LogP contribution >= 0.6 is 0 Å². The largest absolute Gasteiger partial charge is 0.316 e. The van der Waals surface area contributed by atoms with Crippen LogP contribution in [0, 0.1) is 18.6 Å². The average molecular weight is 278 g/mol. The van der Waals surface area contributed by atoms with Crippen LogP contribution in [-0.2, 0) is 10.0 Å². The van der Waals surface area contributed by atoms with Crippen LogP contribution in [0.3, 0.4) is 0 Å². The molecule has 2 N–H and O–H groups in total. The summed E-state index contributed by atoms with van der Waals surface area (Å²) >= 11 is 0. The molecule has 0 saturated carbocycles. The minimum absolute atomic E-state index is 0.181. The highest BCUT2D eigenvalue weighted by molar-refractivity contribution is 7.92. The van der Waals surface area contributed by atoms with Gasteiger partial charge in [-0.2, -0.15) is 0 Å².